The number of nitrogens with one attached hydrogen (secondary N) is 2. The minimum atomic E-state index is -0.0858. The molecule has 118 valence electrons. The first-order valence-electron chi connectivity index (χ1n) is 8.01. The van der Waals surface area contributed by atoms with Crippen molar-refractivity contribution < 1.29 is 4.79 Å². The van der Waals surface area contributed by atoms with Gasteiger partial charge in [-0.1, -0.05) is 24.3 Å². The second-order valence-electron chi connectivity index (χ2n) is 6.18. The third-order valence-electron chi connectivity index (χ3n) is 4.53. The van der Waals surface area contributed by atoms with Crippen LogP contribution in [-0.2, 0) is 0 Å². The Morgan fingerprint density at radius 3 is 2.46 bits per heavy atom. The minimum absolute atomic E-state index is 0.0858. The predicted octanol–water partition coefficient (Wildman–Crippen LogP) is 5.19. The van der Waals surface area contributed by atoms with Crippen LogP contribution in [0.2, 0.25) is 0 Å². The van der Waals surface area contributed by atoms with E-state index in [-0.39, 0.29) is 5.91 Å². The van der Waals surface area contributed by atoms with E-state index in [0.717, 1.165) is 33.1 Å². The summed E-state index contributed by atoms with van der Waals surface area (Å²) in [6.07, 6.45) is 0. The number of H-pyrrole nitrogens is 1. The van der Waals surface area contributed by atoms with Gasteiger partial charge in [0.2, 0.25) is 0 Å². The molecule has 0 fully saturated rings. The smallest absolute Gasteiger partial charge is 0.255 e. The average molecular weight is 314 g/mol. The molecule has 3 nitrogen and oxygen atoms in total. The molecule has 1 amide bonds. The van der Waals surface area contributed by atoms with Crippen LogP contribution in [0.3, 0.4) is 0 Å². The zero-order valence-electron chi connectivity index (χ0n) is 13.7. The highest BCUT2D eigenvalue weighted by Crippen LogP contribution is 2.27. The Balaban J connectivity index is 1.70. The fourth-order valence-electron chi connectivity index (χ4n) is 3.01. The van der Waals surface area contributed by atoms with E-state index in [1.807, 2.05) is 62.4 Å². The second-order valence-corrected chi connectivity index (χ2v) is 6.18. The van der Waals surface area contributed by atoms with Crippen LogP contribution in [0.1, 0.15) is 21.5 Å². The number of aromatic amines is 1. The summed E-state index contributed by atoms with van der Waals surface area (Å²) in [5.74, 6) is -0.0858. The number of carbonyl (C=O) groups excluding carboxylic acids is 1. The molecular weight excluding hydrogens is 296 g/mol. The second kappa shape index (κ2) is 5.53. The summed E-state index contributed by atoms with van der Waals surface area (Å²) >= 11 is 0. The number of hydrogen-bond acceptors (Lipinski definition) is 1. The highest BCUT2D eigenvalue weighted by Gasteiger charge is 2.09. The van der Waals surface area contributed by atoms with Crippen LogP contribution >= 0.6 is 0 Å². The molecule has 0 atom stereocenters. The zero-order valence-corrected chi connectivity index (χ0v) is 13.7. The molecule has 0 aliphatic rings. The first kappa shape index (κ1) is 14.5. The number of hydrogen-bond donors (Lipinski definition) is 2. The third kappa shape index (κ3) is 2.44. The summed E-state index contributed by atoms with van der Waals surface area (Å²) in [4.78, 5) is 15.9. The van der Waals surface area contributed by atoms with Gasteiger partial charge in [-0.2, -0.15) is 0 Å². The standard InChI is InChI=1S/C21H18N2O/c1-13-7-8-15(11-14(13)2)21(24)22-16-9-10-20-18(12-16)17-5-3-4-6-19(17)23-20/h3-12,23H,1-2H3,(H,22,24). The fraction of sp³-hybridized carbons (Fsp3) is 0.0952. The Hall–Kier alpha value is -3.07. The molecule has 1 aromatic heterocycles. The van der Waals surface area contributed by atoms with E-state index in [1.54, 1.807) is 0 Å². The first-order chi connectivity index (χ1) is 11.6. The number of benzene rings is 3. The molecule has 0 bridgehead atoms. The molecule has 0 radical (unpaired) electrons. The highest BCUT2D eigenvalue weighted by molar-refractivity contribution is 6.10. The molecule has 0 saturated heterocycles. The summed E-state index contributed by atoms with van der Waals surface area (Å²) < 4.78 is 0. The number of amides is 1. The van der Waals surface area contributed by atoms with Gasteiger partial charge in [0.15, 0.2) is 0 Å². The van der Waals surface area contributed by atoms with Crippen LogP contribution in [0, 0.1) is 13.8 Å². The van der Waals surface area contributed by atoms with Crippen LogP contribution in [0.4, 0.5) is 5.69 Å². The van der Waals surface area contributed by atoms with Crippen LogP contribution in [0.5, 0.6) is 0 Å². The van der Waals surface area contributed by atoms with Crippen molar-refractivity contribution in [2.75, 3.05) is 5.32 Å². The van der Waals surface area contributed by atoms with Gasteiger partial charge in [-0.15, -0.1) is 0 Å². The van der Waals surface area contributed by atoms with E-state index in [1.165, 1.54) is 5.56 Å². The number of rotatable bonds is 2. The van der Waals surface area contributed by atoms with Gasteiger partial charge in [-0.25, -0.2) is 0 Å². The van der Waals surface area contributed by atoms with Crippen LogP contribution in [0.15, 0.2) is 60.7 Å². The van der Waals surface area contributed by atoms with E-state index in [4.69, 9.17) is 0 Å². The average Bonchev–Trinajstić information content (AvgIpc) is 2.95. The maximum Gasteiger partial charge on any atom is 0.255 e. The van der Waals surface area contributed by atoms with Crippen molar-refractivity contribution in [2.24, 2.45) is 0 Å². The minimum Gasteiger partial charge on any atom is -0.355 e. The lowest BCUT2D eigenvalue weighted by Gasteiger charge is -2.07. The SMILES string of the molecule is Cc1ccc(C(=O)Nc2ccc3[nH]c4ccccc4c3c2)cc1C. The molecule has 4 rings (SSSR count). The maximum absolute atomic E-state index is 12.5. The molecule has 2 N–H and O–H groups in total. The van der Waals surface area contributed by atoms with Crippen molar-refractivity contribution in [2.45, 2.75) is 13.8 Å². The maximum atomic E-state index is 12.5. The zero-order chi connectivity index (χ0) is 16.7. The molecule has 0 saturated carbocycles. The van der Waals surface area contributed by atoms with Gasteiger partial charge >= 0.3 is 0 Å². The van der Waals surface area contributed by atoms with E-state index in [0.29, 0.717) is 5.56 Å². The van der Waals surface area contributed by atoms with E-state index in [2.05, 4.69) is 22.4 Å². The molecule has 3 heteroatoms. The topological polar surface area (TPSA) is 44.9 Å². The van der Waals surface area contributed by atoms with Gasteiger partial charge in [0.1, 0.15) is 0 Å². The third-order valence-corrected chi connectivity index (χ3v) is 4.53. The van der Waals surface area contributed by atoms with Crippen LogP contribution < -0.4 is 5.32 Å². The monoisotopic (exact) mass is 314 g/mol. The lowest BCUT2D eigenvalue weighted by molar-refractivity contribution is 0.102. The summed E-state index contributed by atoms with van der Waals surface area (Å²) in [5, 5.41) is 5.27. The van der Waals surface area contributed by atoms with Crippen molar-refractivity contribution in [1.29, 1.82) is 0 Å². The summed E-state index contributed by atoms with van der Waals surface area (Å²) in [5.41, 5.74) is 5.96. The highest BCUT2D eigenvalue weighted by atomic mass is 16.1. The van der Waals surface area contributed by atoms with Gasteiger partial charge in [0.25, 0.3) is 5.91 Å². The Morgan fingerprint density at radius 1 is 0.833 bits per heavy atom. The first-order valence-corrected chi connectivity index (χ1v) is 8.01. The van der Waals surface area contributed by atoms with Crippen LogP contribution in [-0.4, -0.2) is 10.9 Å². The van der Waals surface area contributed by atoms with Gasteiger partial charge in [0, 0.05) is 33.1 Å². The summed E-state index contributed by atoms with van der Waals surface area (Å²) in [7, 11) is 0. The van der Waals surface area contributed by atoms with Gasteiger partial charge in [0.05, 0.1) is 0 Å². The van der Waals surface area contributed by atoms with Crippen molar-refractivity contribution in [3.8, 4) is 0 Å². The molecule has 3 aromatic carbocycles. The number of para-hydroxylation sites is 1. The van der Waals surface area contributed by atoms with E-state index >= 15 is 0 Å². The quantitative estimate of drug-likeness (QED) is 0.525. The lowest BCUT2D eigenvalue weighted by Crippen LogP contribution is -2.12. The molecule has 24 heavy (non-hydrogen) atoms. The molecule has 0 unspecified atom stereocenters. The predicted molar refractivity (Wildman–Crippen MR) is 99.7 cm³/mol. The molecule has 0 aliphatic carbocycles. The number of aryl methyl sites for hydroxylation is 2. The number of anilines is 1. The van der Waals surface area contributed by atoms with Crippen molar-refractivity contribution in [1.82, 2.24) is 4.98 Å². The van der Waals surface area contributed by atoms with Crippen molar-refractivity contribution in [3.05, 3.63) is 77.4 Å². The fourth-order valence-corrected chi connectivity index (χ4v) is 3.01. The Bertz CT molecular complexity index is 1080. The molecule has 1 heterocycles. The van der Waals surface area contributed by atoms with Crippen molar-refractivity contribution in [3.63, 3.8) is 0 Å². The molecule has 0 aliphatic heterocycles. The van der Waals surface area contributed by atoms with Gasteiger partial charge < -0.3 is 10.3 Å². The number of fused-ring (bicyclic) bond motifs is 3. The normalized spacial score (nSPS) is 11.1. The van der Waals surface area contributed by atoms with E-state index < -0.39 is 0 Å². The number of aromatic nitrogens is 1. The Labute approximate surface area is 140 Å². The lowest BCUT2D eigenvalue weighted by atomic mass is 10.1. The molecule has 4 aromatic rings. The Kier molecular flexibility index (Phi) is 3.35. The largest absolute Gasteiger partial charge is 0.355 e. The Morgan fingerprint density at radius 2 is 1.62 bits per heavy atom. The van der Waals surface area contributed by atoms with Gasteiger partial charge in [-0.05, 0) is 61.4 Å². The molecular formula is C21H18N2O. The molecule has 0 spiro atoms. The van der Waals surface area contributed by atoms with Gasteiger partial charge in [-0.3, -0.25) is 4.79 Å². The summed E-state index contributed by atoms with van der Waals surface area (Å²) in [6, 6.07) is 19.9. The van der Waals surface area contributed by atoms with Crippen molar-refractivity contribution >= 4 is 33.4 Å². The number of carbonyl (C=O) groups is 1. The van der Waals surface area contributed by atoms with Crippen LogP contribution in [0.25, 0.3) is 21.8 Å². The summed E-state index contributed by atoms with van der Waals surface area (Å²) in [6.45, 7) is 4.06. The van der Waals surface area contributed by atoms with E-state index in [9.17, 15) is 4.79 Å².